The van der Waals surface area contributed by atoms with Gasteiger partial charge in [-0.1, -0.05) is 19.4 Å². The van der Waals surface area contributed by atoms with Gasteiger partial charge in [0.1, 0.15) is 16.8 Å². The summed E-state index contributed by atoms with van der Waals surface area (Å²) < 4.78 is 7.61. The fourth-order valence-corrected chi connectivity index (χ4v) is 6.01. The molecule has 2 aliphatic heterocycles. The molecule has 4 N–H and O–H groups in total. The summed E-state index contributed by atoms with van der Waals surface area (Å²) >= 11 is 0. The number of benzene rings is 1. The first-order valence-electron chi connectivity index (χ1n) is 12.8. The van der Waals surface area contributed by atoms with Crippen molar-refractivity contribution < 1.29 is 9.84 Å². The van der Waals surface area contributed by atoms with E-state index in [2.05, 4.69) is 62.4 Å². The van der Waals surface area contributed by atoms with Gasteiger partial charge in [-0.3, -0.25) is 9.58 Å². The number of nitrogens with two attached hydrogens (primary N) is 1. The van der Waals surface area contributed by atoms with Gasteiger partial charge in [0.25, 0.3) is 0 Å². The summed E-state index contributed by atoms with van der Waals surface area (Å²) in [6.45, 7) is 8.47. The second-order valence-electron chi connectivity index (χ2n) is 10.6. The van der Waals surface area contributed by atoms with Crippen LogP contribution in [-0.4, -0.2) is 87.6 Å². The number of methoxy groups -OCH3 is 1. The Hall–Kier alpha value is -2.95. The maximum absolute atomic E-state index is 9.51. The molecular formula is C26H38N8O2. The lowest BCUT2D eigenvalue weighted by Gasteiger charge is -2.59. The zero-order chi connectivity index (χ0) is 25.3. The molecule has 5 rings (SSSR count). The number of hydrogen-bond donors (Lipinski definition) is 3. The third kappa shape index (κ3) is 4.98. The number of hydrogen-bond acceptors (Lipinski definition) is 9. The van der Waals surface area contributed by atoms with E-state index in [1.54, 1.807) is 13.3 Å². The quantitative estimate of drug-likeness (QED) is 0.369. The number of fused-ring (bicyclic) bond motifs is 1. The SMILES string of the molecule is CCC[C@@H](CCO)Nc1nc(N)nc2cnn(Cc3cc(CN4CC5(CN(C)C5)C4)ccc3OC)c12. The van der Waals surface area contributed by atoms with E-state index in [9.17, 15) is 5.11 Å². The van der Waals surface area contributed by atoms with Crippen LogP contribution in [0.15, 0.2) is 24.4 Å². The lowest BCUT2D eigenvalue weighted by atomic mass is 9.73. The molecule has 0 unspecified atom stereocenters. The van der Waals surface area contributed by atoms with Crippen molar-refractivity contribution in [2.75, 3.05) is 58.0 Å². The molecule has 36 heavy (non-hydrogen) atoms. The van der Waals surface area contributed by atoms with Gasteiger partial charge in [-0.25, -0.2) is 4.98 Å². The molecule has 0 bridgehead atoms. The number of nitrogen functional groups attached to an aromatic ring is 1. The summed E-state index contributed by atoms with van der Waals surface area (Å²) in [5, 5.41) is 17.6. The summed E-state index contributed by atoms with van der Waals surface area (Å²) in [6, 6.07) is 6.52. The summed E-state index contributed by atoms with van der Waals surface area (Å²) in [5.41, 5.74) is 10.3. The van der Waals surface area contributed by atoms with Crippen molar-refractivity contribution in [1.82, 2.24) is 29.5 Å². The molecule has 10 nitrogen and oxygen atoms in total. The molecule has 0 amide bonds. The van der Waals surface area contributed by atoms with E-state index in [0.29, 0.717) is 29.7 Å². The Labute approximate surface area is 212 Å². The van der Waals surface area contributed by atoms with Crippen molar-refractivity contribution in [3.05, 3.63) is 35.5 Å². The van der Waals surface area contributed by atoms with E-state index in [1.165, 1.54) is 31.7 Å². The number of nitrogens with zero attached hydrogens (tertiary/aromatic N) is 6. The van der Waals surface area contributed by atoms with Crippen LogP contribution in [0.1, 0.15) is 37.3 Å². The van der Waals surface area contributed by atoms with Crippen LogP contribution in [0.2, 0.25) is 0 Å². The molecule has 4 heterocycles. The highest BCUT2D eigenvalue weighted by Crippen LogP contribution is 2.39. The fraction of sp³-hybridized carbons (Fsp3) is 0.577. The number of nitrogens with one attached hydrogen (secondary N) is 1. The Morgan fingerprint density at radius 3 is 2.67 bits per heavy atom. The highest BCUT2D eigenvalue weighted by Gasteiger charge is 2.49. The maximum atomic E-state index is 9.51. The minimum absolute atomic E-state index is 0.0917. The van der Waals surface area contributed by atoms with Gasteiger partial charge >= 0.3 is 0 Å². The zero-order valence-corrected chi connectivity index (χ0v) is 21.6. The zero-order valence-electron chi connectivity index (χ0n) is 21.6. The first-order valence-corrected chi connectivity index (χ1v) is 12.8. The Morgan fingerprint density at radius 1 is 1.17 bits per heavy atom. The van der Waals surface area contributed by atoms with E-state index in [-0.39, 0.29) is 18.6 Å². The molecule has 2 aromatic heterocycles. The minimum Gasteiger partial charge on any atom is -0.496 e. The summed E-state index contributed by atoms with van der Waals surface area (Å²) in [5.74, 6) is 1.68. The second-order valence-corrected chi connectivity index (χ2v) is 10.6. The highest BCUT2D eigenvalue weighted by molar-refractivity contribution is 5.86. The van der Waals surface area contributed by atoms with Crippen LogP contribution in [0.5, 0.6) is 5.75 Å². The maximum Gasteiger partial charge on any atom is 0.222 e. The van der Waals surface area contributed by atoms with E-state index in [0.717, 1.165) is 36.2 Å². The average molecular weight is 495 g/mol. The first-order chi connectivity index (χ1) is 17.4. The molecule has 1 aromatic carbocycles. The number of ether oxygens (including phenoxy) is 1. The number of likely N-dealkylation sites (tertiary alicyclic amines) is 2. The van der Waals surface area contributed by atoms with Crippen LogP contribution in [-0.2, 0) is 13.1 Å². The summed E-state index contributed by atoms with van der Waals surface area (Å²) in [6.07, 6.45) is 4.28. The fourth-order valence-electron chi connectivity index (χ4n) is 6.01. The summed E-state index contributed by atoms with van der Waals surface area (Å²) in [4.78, 5) is 13.8. The molecule has 1 atom stereocenters. The van der Waals surface area contributed by atoms with Crippen LogP contribution >= 0.6 is 0 Å². The topological polar surface area (TPSA) is 118 Å². The predicted octanol–water partition coefficient (Wildman–Crippen LogP) is 2.18. The molecule has 194 valence electrons. The number of aromatic nitrogens is 4. The van der Waals surface area contributed by atoms with Crippen molar-refractivity contribution in [1.29, 1.82) is 0 Å². The van der Waals surface area contributed by atoms with Crippen LogP contribution in [0, 0.1) is 5.41 Å². The van der Waals surface area contributed by atoms with Crippen molar-refractivity contribution in [2.24, 2.45) is 5.41 Å². The molecule has 2 aliphatic rings. The van der Waals surface area contributed by atoms with E-state index in [4.69, 9.17) is 10.5 Å². The van der Waals surface area contributed by atoms with Crippen molar-refractivity contribution in [2.45, 2.75) is 45.3 Å². The van der Waals surface area contributed by atoms with Gasteiger partial charge in [0, 0.05) is 56.4 Å². The molecule has 2 fully saturated rings. The van der Waals surface area contributed by atoms with Crippen LogP contribution in [0.4, 0.5) is 11.8 Å². The van der Waals surface area contributed by atoms with E-state index < -0.39 is 0 Å². The lowest BCUT2D eigenvalue weighted by molar-refractivity contribution is -0.107. The monoisotopic (exact) mass is 494 g/mol. The van der Waals surface area contributed by atoms with Crippen molar-refractivity contribution in [3.63, 3.8) is 0 Å². The molecule has 3 aromatic rings. The van der Waals surface area contributed by atoms with Gasteiger partial charge < -0.3 is 25.8 Å². The molecule has 0 saturated carbocycles. The smallest absolute Gasteiger partial charge is 0.222 e. The predicted molar refractivity (Wildman–Crippen MR) is 141 cm³/mol. The molecular weight excluding hydrogens is 456 g/mol. The molecule has 2 saturated heterocycles. The van der Waals surface area contributed by atoms with Gasteiger partial charge in [0.05, 0.1) is 19.9 Å². The van der Waals surface area contributed by atoms with Gasteiger partial charge in [-0.2, -0.15) is 10.1 Å². The van der Waals surface area contributed by atoms with Crippen molar-refractivity contribution in [3.8, 4) is 5.75 Å². The molecule has 10 heteroatoms. The second kappa shape index (κ2) is 10.2. The van der Waals surface area contributed by atoms with E-state index >= 15 is 0 Å². The Balaban J connectivity index is 1.38. The summed E-state index contributed by atoms with van der Waals surface area (Å²) in [7, 11) is 3.90. The van der Waals surface area contributed by atoms with Crippen LogP contribution in [0.25, 0.3) is 11.0 Å². The third-order valence-corrected chi connectivity index (χ3v) is 7.36. The number of anilines is 2. The van der Waals surface area contributed by atoms with Gasteiger partial charge in [-0.15, -0.1) is 0 Å². The molecule has 1 spiro atoms. The highest BCUT2D eigenvalue weighted by atomic mass is 16.5. The van der Waals surface area contributed by atoms with Gasteiger partial charge in [-0.05, 0) is 37.6 Å². The molecule has 0 aliphatic carbocycles. The normalized spacial score (nSPS) is 18.2. The van der Waals surface area contributed by atoms with Crippen LogP contribution in [0.3, 0.4) is 0 Å². The number of rotatable bonds is 11. The lowest BCUT2D eigenvalue weighted by Crippen LogP contribution is -2.70. The largest absolute Gasteiger partial charge is 0.496 e. The Kier molecular flexibility index (Phi) is 7.00. The number of aliphatic hydroxyl groups excluding tert-OH is 1. The number of aliphatic hydroxyl groups is 1. The van der Waals surface area contributed by atoms with E-state index in [1.807, 2.05) is 4.68 Å². The Morgan fingerprint density at radius 2 is 1.97 bits per heavy atom. The Bertz CT molecular complexity index is 1190. The molecule has 0 radical (unpaired) electrons. The van der Waals surface area contributed by atoms with Gasteiger partial charge in [0.2, 0.25) is 5.95 Å². The standard InChI is InChI=1S/C26H38N8O2/c1-4-5-20(8-9-35)29-24-23-21(30-25(27)31-24)11-28-34(23)13-19-10-18(6-7-22(19)36-3)12-33-16-26(17-33)14-32(2)15-26/h6-7,10-11,20,35H,4-5,8-9,12-17H2,1-3H3,(H3,27,29,30,31)/t20-/m0/s1. The third-order valence-electron chi connectivity index (χ3n) is 7.36. The average Bonchev–Trinajstić information content (AvgIpc) is 3.19. The van der Waals surface area contributed by atoms with Crippen LogP contribution < -0.4 is 15.8 Å². The van der Waals surface area contributed by atoms with Crippen molar-refractivity contribution >= 4 is 22.8 Å². The minimum atomic E-state index is 0.0917. The first kappa shape index (κ1) is 24.7. The van der Waals surface area contributed by atoms with Gasteiger partial charge in [0.15, 0.2) is 5.82 Å².